The Hall–Kier alpha value is -1.55. The summed E-state index contributed by atoms with van der Waals surface area (Å²) in [5.74, 6) is 0.801. The summed E-state index contributed by atoms with van der Waals surface area (Å²) in [6.45, 7) is 7.36. The van der Waals surface area contributed by atoms with Crippen molar-refractivity contribution in [3.8, 4) is 0 Å². The highest BCUT2D eigenvalue weighted by molar-refractivity contribution is 5.91. The minimum absolute atomic E-state index is 0.0557. The third kappa shape index (κ3) is 4.74. The molecule has 0 atom stereocenters. The second kappa shape index (κ2) is 7.46. The Kier molecular flexibility index (Phi) is 5.62. The molecule has 0 unspecified atom stereocenters. The van der Waals surface area contributed by atoms with Crippen LogP contribution < -0.4 is 10.6 Å². The van der Waals surface area contributed by atoms with Gasteiger partial charge in [-0.3, -0.25) is 4.79 Å². The van der Waals surface area contributed by atoms with E-state index in [1.54, 1.807) is 0 Å². The largest absolute Gasteiger partial charge is 0.384 e. The number of carbonyl (C=O) groups excluding carboxylic acids is 1. The van der Waals surface area contributed by atoms with Crippen molar-refractivity contribution in [2.75, 3.05) is 37.3 Å². The van der Waals surface area contributed by atoms with Gasteiger partial charge < -0.3 is 15.5 Å². The summed E-state index contributed by atoms with van der Waals surface area (Å²) in [5.41, 5.74) is 3.22. The highest BCUT2D eigenvalue weighted by atomic mass is 16.1. The summed E-state index contributed by atoms with van der Waals surface area (Å²) in [7, 11) is 2.19. The first kappa shape index (κ1) is 15.8. The minimum atomic E-state index is 0.0557. The Labute approximate surface area is 127 Å². The van der Waals surface area contributed by atoms with Gasteiger partial charge in [-0.2, -0.15) is 0 Å². The van der Waals surface area contributed by atoms with E-state index < -0.39 is 0 Å². The molecule has 1 amide bonds. The van der Waals surface area contributed by atoms with Gasteiger partial charge in [0.25, 0.3) is 0 Å². The van der Waals surface area contributed by atoms with Crippen molar-refractivity contribution in [1.29, 1.82) is 0 Å². The molecule has 1 aliphatic rings. The first-order valence-corrected chi connectivity index (χ1v) is 7.91. The molecule has 4 heteroatoms. The van der Waals surface area contributed by atoms with Gasteiger partial charge in [0.05, 0.1) is 0 Å². The summed E-state index contributed by atoms with van der Waals surface area (Å²) >= 11 is 0. The Balaban J connectivity index is 1.92. The molecular formula is C17H27N3O. The molecule has 1 aliphatic heterocycles. The molecule has 0 spiro atoms. The SMILES string of the molecule is CCC(=O)Nc1ccc(C)c(NCC2CCN(C)CC2)c1. The van der Waals surface area contributed by atoms with Crippen molar-refractivity contribution in [2.45, 2.75) is 33.1 Å². The van der Waals surface area contributed by atoms with Crippen LogP contribution in [0.2, 0.25) is 0 Å². The van der Waals surface area contributed by atoms with Gasteiger partial charge >= 0.3 is 0 Å². The maximum absolute atomic E-state index is 11.5. The van der Waals surface area contributed by atoms with Crippen molar-refractivity contribution >= 4 is 17.3 Å². The van der Waals surface area contributed by atoms with E-state index >= 15 is 0 Å². The fourth-order valence-electron chi connectivity index (χ4n) is 2.66. The van der Waals surface area contributed by atoms with E-state index in [1.807, 2.05) is 19.1 Å². The van der Waals surface area contributed by atoms with Crippen LogP contribution in [0.15, 0.2) is 18.2 Å². The lowest BCUT2D eigenvalue weighted by molar-refractivity contribution is -0.115. The van der Waals surface area contributed by atoms with Crippen molar-refractivity contribution in [1.82, 2.24) is 4.90 Å². The average Bonchev–Trinajstić information content (AvgIpc) is 2.49. The first-order chi connectivity index (χ1) is 10.1. The van der Waals surface area contributed by atoms with Gasteiger partial charge in [0.2, 0.25) is 5.91 Å². The normalized spacial score (nSPS) is 16.7. The van der Waals surface area contributed by atoms with E-state index in [2.05, 4.69) is 35.6 Å². The van der Waals surface area contributed by atoms with Crippen LogP contribution in [0.4, 0.5) is 11.4 Å². The topological polar surface area (TPSA) is 44.4 Å². The summed E-state index contributed by atoms with van der Waals surface area (Å²) < 4.78 is 0. The van der Waals surface area contributed by atoms with E-state index in [1.165, 1.54) is 31.5 Å². The van der Waals surface area contributed by atoms with E-state index in [0.29, 0.717) is 6.42 Å². The van der Waals surface area contributed by atoms with E-state index in [0.717, 1.165) is 23.8 Å². The summed E-state index contributed by atoms with van der Waals surface area (Å²) in [5, 5.41) is 6.48. The number of aryl methyl sites for hydroxylation is 1. The lowest BCUT2D eigenvalue weighted by Gasteiger charge is -2.29. The zero-order chi connectivity index (χ0) is 15.2. The van der Waals surface area contributed by atoms with E-state index in [-0.39, 0.29) is 5.91 Å². The molecule has 0 saturated carbocycles. The van der Waals surface area contributed by atoms with E-state index in [9.17, 15) is 4.79 Å². The molecule has 116 valence electrons. The number of carbonyl (C=O) groups is 1. The lowest BCUT2D eigenvalue weighted by atomic mass is 9.97. The molecule has 1 saturated heterocycles. The second-order valence-electron chi connectivity index (χ2n) is 6.06. The molecule has 21 heavy (non-hydrogen) atoms. The van der Waals surface area contributed by atoms with Crippen molar-refractivity contribution in [3.63, 3.8) is 0 Å². The maximum Gasteiger partial charge on any atom is 0.224 e. The van der Waals surface area contributed by atoms with Gasteiger partial charge in [-0.15, -0.1) is 0 Å². The van der Waals surface area contributed by atoms with Crippen molar-refractivity contribution < 1.29 is 4.79 Å². The van der Waals surface area contributed by atoms with Gasteiger partial charge in [0, 0.05) is 24.3 Å². The highest BCUT2D eigenvalue weighted by Crippen LogP contribution is 2.22. The number of amides is 1. The Bertz CT molecular complexity index is 479. The molecule has 1 aromatic carbocycles. The van der Waals surface area contributed by atoms with Crippen molar-refractivity contribution in [2.24, 2.45) is 5.92 Å². The summed E-state index contributed by atoms with van der Waals surface area (Å²) in [6, 6.07) is 6.06. The Morgan fingerprint density at radius 3 is 2.71 bits per heavy atom. The number of rotatable bonds is 5. The van der Waals surface area contributed by atoms with Gasteiger partial charge in [-0.05, 0) is 63.5 Å². The summed E-state index contributed by atoms with van der Waals surface area (Å²) in [6.07, 6.45) is 3.02. The smallest absolute Gasteiger partial charge is 0.224 e. The van der Waals surface area contributed by atoms with Gasteiger partial charge in [-0.25, -0.2) is 0 Å². The molecule has 0 aromatic heterocycles. The number of piperidine rings is 1. The third-order valence-corrected chi connectivity index (χ3v) is 4.26. The first-order valence-electron chi connectivity index (χ1n) is 7.91. The zero-order valence-corrected chi connectivity index (χ0v) is 13.4. The number of hydrogen-bond acceptors (Lipinski definition) is 3. The standard InChI is InChI=1S/C17H27N3O/c1-4-17(21)19-15-6-5-13(2)16(11-15)18-12-14-7-9-20(3)10-8-14/h5-6,11,14,18H,4,7-10,12H2,1-3H3,(H,19,21). The molecule has 0 bridgehead atoms. The number of benzene rings is 1. The van der Waals surface area contributed by atoms with Crippen LogP contribution in [0, 0.1) is 12.8 Å². The number of nitrogens with zero attached hydrogens (tertiary/aromatic N) is 1. The maximum atomic E-state index is 11.5. The number of anilines is 2. The molecule has 2 N–H and O–H groups in total. The molecule has 0 aliphatic carbocycles. The van der Waals surface area contributed by atoms with Crippen LogP contribution in [0.5, 0.6) is 0 Å². The van der Waals surface area contributed by atoms with Crippen LogP contribution >= 0.6 is 0 Å². The van der Waals surface area contributed by atoms with Crippen molar-refractivity contribution in [3.05, 3.63) is 23.8 Å². The fourth-order valence-corrected chi connectivity index (χ4v) is 2.66. The number of hydrogen-bond donors (Lipinski definition) is 2. The monoisotopic (exact) mass is 289 g/mol. The third-order valence-electron chi connectivity index (χ3n) is 4.26. The van der Waals surface area contributed by atoms with Gasteiger partial charge in [-0.1, -0.05) is 13.0 Å². The average molecular weight is 289 g/mol. The molecule has 1 aromatic rings. The molecule has 1 fully saturated rings. The Morgan fingerprint density at radius 1 is 1.33 bits per heavy atom. The summed E-state index contributed by atoms with van der Waals surface area (Å²) in [4.78, 5) is 13.9. The second-order valence-corrected chi connectivity index (χ2v) is 6.06. The van der Waals surface area contributed by atoms with Crippen LogP contribution in [0.25, 0.3) is 0 Å². The van der Waals surface area contributed by atoms with E-state index in [4.69, 9.17) is 0 Å². The lowest BCUT2D eigenvalue weighted by Crippen LogP contribution is -2.33. The zero-order valence-electron chi connectivity index (χ0n) is 13.4. The molecular weight excluding hydrogens is 262 g/mol. The predicted octanol–water partition coefficient (Wildman–Crippen LogP) is 3.10. The van der Waals surface area contributed by atoms with Gasteiger partial charge in [0.15, 0.2) is 0 Å². The minimum Gasteiger partial charge on any atom is -0.384 e. The highest BCUT2D eigenvalue weighted by Gasteiger charge is 2.16. The van der Waals surface area contributed by atoms with Crippen LogP contribution in [-0.2, 0) is 4.79 Å². The van der Waals surface area contributed by atoms with Crippen LogP contribution in [-0.4, -0.2) is 37.5 Å². The molecule has 0 radical (unpaired) electrons. The number of likely N-dealkylation sites (tertiary alicyclic amines) is 1. The quantitative estimate of drug-likeness (QED) is 0.875. The predicted molar refractivity (Wildman–Crippen MR) is 88.8 cm³/mol. The molecule has 1 heterocycles. The van der Waals surface area contributed by atoms with Crippen LogP contribution in [0.3, 0.4) is 0 Å². The molecule has 2 rings (SSSR count). The van der Waals surface area contributed by atoms with Crippen LogP contribution in [0.1, 0.15) is 31.7 Å². The molecule has 4 nitrogen and oxygen atoms in total. The Morgan fingerprint density at radius 2 is 2.05 bits per heavy atom. The number of nitrogens with one attached hydrogen (secondary N) is 2. The fraction of sp³-hybridized carbons (Fsp3) is 0.588. The van der Waals surface area contributed by atoms with Gasteiger partial charge in [0.1, 0.15) is 0 Å².